The Morgan fingerprint density at radius 2 is 1.07 bits per heavy atom. The molecule has 0 aliphatic carbocycles. The van der Waals surface area contributed by atoms with Gasteiger partial charge in [-0.15, -0.1) is 0 Å². The summed E-state index contributed by atoms with van der Waals surface area (Å²) in [7, 11) is 0. The molecule has 2 nitrogen and oxygen atoms in total. The Hall–Kier alpha value is -3.34. The molecular formula is C24H12F3NO. The maximum absolute atomic E-state index is 13.1. The molecule has 7 rings (SSSR count). The Balaban J connectivity index is 1.67. The van der Waals surface area contributed by atoms with Crippen molar-refractivity contribution in [3.8, 4) is 0 Å². The summed E-state index contributed by atoms with van der Waals surface area (Å²) in [5, 5.41) is 11.4. The molecule has 6 aromatic rings. The van der Waals surface area contributed by atoms with E-state index >= 15 is 0 Å². The molecule has 0 fully saturated rings. The standard InChI is InChI=1S/C24H12F3NO/c25-24(26,27)23(29)28-9-15-7-13-5-3-11-1-2-12-4-6-14-8-16(10-28)17(15)22-20(13)18(11)19(12)21(14)22/h1-8H,9-10H2. The highest BCUT2D eigenvalue weighted by molar-refractivity contribution is 6.44. The van der Waals surface area contributed by atoms with E-state index in [1.54, 1.807) is 0 Å². The third-order valence-electron chi connectivity index (χ3n) is 6.54. The zero-order valence-electron chi connectivity index (χ0n) is 15.0. The molecule has 0 saturated carbocycles. The molecule has 0 bridgehead atoms. The number of carbonyl (C=O) groups excluding carboxylic acids is 1. The Morgan fingerprint density at radius 3 is 1.52 bits per heavy atom. The number of rotatable bonds is 0. The minimum absolute atomic E-state index is 0.0202. The molecule has 140 valence electrons. The van der Waals surface area contributed by atoms with Crippen molar-refractivity contribution in [1.82, 2.24) is 4.90 Å². The fourth-order valence-electron chi connectivity index (χ4n) is 5.51. The largest absolute Gasteiger partial charge is 0.471 e. The van der Waals surface area contributed by atoms with Crippen LogP contribution in [0.4, 0.5) is 13.2 Å². The molecule has 0 radical (unpaired) electrons. The summed E-state index contributed by atoms with van der Waals surface area (Å²) in [5.41, 5.74) is 1.58. The second kappa shape index (κ2) is 4.62. The van der Waals surface area contributed by atoms with Crippen molar-refractivity contribution >= 4 is 59.8 Å². The predicted octanol–water partition coefficient (Wildman–Crippen LogP) is 6.17. The zero-order valence-corrected chi connectivity index (χ0v) is 15.0. The van der Waals surface area contributed by atoms with Crippen molar-refractivity contribution in [2.75, 3.05) is 0 Å². The van der Waals surface area contributed by atoms with E-state index < -0.39 is 12.1 Å². The molecule has 0 spiro atoms. The molecule has 29 heavy (non-hydrogen) atoms. The van der Waals surface area contributed by atoms with Gasteiger partial charge in [-0.05, 0) is 77.1 Å². The monoisotopic (exact) mass is 387 g/mol. The van der Waals surface area contributed by atoms with E-state index in [0.29, 0.717) is 0 Å². The minimum Gasteiger partial charge on any atom is -0.326 e. The highest BCUT2D eigenvalue weighted by Gasteiger charge is 2.43. The first kappa shape index (κ1) is 15.6. The van der Waals surface area contributed by atoms with Gasteiger partial charge < -0.3 is 4.90 Å². The van der Waals surface area contributed by atoms with Crippen LogP contribution in [0.3, 0.4) is 0 Å². The summed E-state index contributed by atoms with van der Waals surface area (Å²) >= 11 is 0. The van der Waals surface area contributed by atoms with Crippen LogP contribution in [-0.4, -0.2) is 17.0 Å². The SMILES string of the molecule is O=C(N1Cc2cc3ccc4ccc5ccc6cc(c2c2c3c4c5c62)C1)C(F)(F)F. The van der Waals surface area contributed by atoms with Crippen LogP contribution in [0.25, 0.3) is 53.9 Å². The van der Waals surface area contributed by atoms with E-state index in [-0.39, 0.29) is 13.1 Å². The van der Waals surface area contributed by atoms with E-state index in [9.17, 15) is 18.0 Å². The molecular weight excluding hydrogens is 375 g/mol. The number of hydrogen-bond donors (Lipinski definition) is 0. The molecule has 0 saturated heterocycles. The number of benzene rings is 5. The summed E-state index contributed by atoms with van der Waals surface area (Å²) in [6.07, 6.45) is -4.87. The fraction of sp³-hybridized carbons (Fsp3) is 0.125. The van der Waals surface area contributed by atoms with E-state index in [4.69, 9.17) is 0 Å². The topological polar surface area (TPSA) is 20.3 Å². The van der Waals surface area contributed by atoms with Crippen molar-refractivity contribution in [3.05, 3.63) is 59.7 Å². The normalized spacial score (nSPS) is 15.2. The third kappa shape index (κ3) is 1.73. The van der Waals surface area contributed by atoms with Gasteiger partial charge in [0.25, 0.3) is 0 Å². The fourth-order valence-corrected chi connectivity index (χ4v) is 5.51. The van der Waals surface area contributed by atoms with Gasteiger partial charge >= 0.3 is 12.1 Å². The number of hydrogen-bond acceptors (Lipinski definition) is 1. The average Bonchev–Trinajstić information content (AvgIpc) is 3.07. The van der Waals surface area contributed by atoms with Crippen LogP contribution >= 0.6 is 0 Å². The van der Waals surface area contributed by atoms with E-state index in [1.165, 1.54) is 32.3 Å². The maximum atomic E-state index is 13.1. The van der Waals surface area contributed by atoms with Crippen molar-refractivity contribution < 1.29 is 18.0 Å². The van der Waals surface area contributed by atoms with Crippen LogP contribution in [0.2, 0.25) is 0 Å². The van der Waals surface area contributed by atoms with Gasteiger partial charge in [0.05, 0.1) is 0 Å². The van der Waals surface area contributed by atoms with Gasteiger partial charge in [0, 0.05) is 13.1 Å². The molecule has 5 heteroatoms. The quantitative estimate of drug-likeness (QED) is 0.285. The molecule has 0 atom stereocenters. The number of nitrogens with zero attached hydrogens (tertiary/aromatic N) is 1. The summed E-state index contributed by atoms with van der Waals surface area (Å²) in [6.45, 7) is -0.0404. The molecule has 0 unspecified atom stereocenters. The highest BCUT2D eigenvalue weighted by atomic mass is 19.4. The van der Waals surface area contributed by atoms with Gasteiger partial charge in [-0.3, -0.25) is 4.79 Å². The van der Waals surface area contributed by atoms with Crippen molar-refractivity contribution in [3.63, 3.8) is 0 Å². The van der Waals surface area contributed by atoms with Gasteiger partial charge in [0.15, 0.2) is 0 Å². The Labute approximate surface area is 162 Å². The van der Waals surface area contributed by atoms with Gasteiger partial charge in [-0.25, -0.2) is 0 Å². The summed E-state index contributed by atoms with van der Waals surface area (Å²) in [5.74, 6) is -1.78. The smallest absolute Gasteiger partial charge is 0.326 e. The molecule has 1 heterocycles. The number of alkyl halides is 3. The first-order chi connectivity index (χ1) is 13.9. The second-order valence-corrected chi connectivity index (χ2v) is 8.07. The lowest BCUT2D eigenvalue weighted by Gasteiger charge is -2.30. The van der Waals surface area contributed by atoms with Crippen molar-refractivity contribution in [2.45, 2.75) is 19.3 Å². The zero-order chi connectivity index (χ0) is 19.7. The van der Waals surface area contributed by atoms with Crippen LogP contribution in [0, 0.1) is 0 Å². The summed E-state index contributed by atoms with van der Waals surface area (Å²) in [4.78, 5) is 12.9. The van der Waals surface area contributed by atoms with E-state index in [2.05, 4.69) is 24.3 Å². The van der Waals surface area contributed by atoms with Crippen LogP contribution in [-0.2, 0) is 17.9 Å². The molecule has 0 aromatic heterocycles. The lowest BCUT2D eigenvalue weighted by atomic mass is 9.89. The molecule has 1 aliphatic heterocycles. The van der Waals surface area contributed by atoms with Crippen molar-refractivity contribution in [1.29, 1.82) is 0 Å². The number of carbonyl (C=O) groups is 1. The Bertz CT molecular complexity index is 1510. The Morgan fingerprint density at radius 1 is 0.655 bits per heavy atom. The van der Waals surface area contributed by atoms with Crippen molar-refractivity contribution in [2.24, 2.45) is 0 Å². The average molecular weight is 387 g/mol. The lowest BCUT2D eigenvalue weighted by molar-refractivity contribution is -0.186. The Kier molecular flexibility index (Phi) is 2.48. The van der Waals surface area contributed by atoms with Gasteiger partial charge in [0.2, 0.25) is 0 Å². The first-order valence-electron chi connectivity index (χ1n) is 9.47. The molecule has 1 aliphatic rings. The van der Waals surface area contributed by atoms with E-state index in [0.717, 1.165) is 37.6 Å². The maximum Gasteiger partial charge on any atom is 0.471 e. The first-order valence-corrected chi connectivity index (χ1v) is 9.47. The second-order valence-electron chi connectivity index (χ2n) is 8.07. The third-order valence-corrected chi connectivity index (χ3v) is 6.54. The van der Waals surface area contributed by atoms with Gasteiger partial charge in [-0.1, -0.05) is 36.4 Å². The lowest BCUT2D eigenvalue weighted by Crippen LogP contribution is -2.41. The molecule has 6 aromatic carbocycles. The predicted molar refractivity (Wildman–Crippen MR) is 108 cm³/mol. The van der Waals surface area contributed by atoms with Crippen LogP contribution < -0.4 is 0 Å². The number of amides is 1. The van der Waals surface area contributed by atoms with Crippen LogP contribution in [0.5, 0.6) is 0 Å². The van der Waals surface area contributed by atoms with Gasteiger partial charge in [0.1, 0.15) is 0 Å². The highest BCUT2D eigenvalue weighted by Crippen LogP contribution is 2.50. The van der Waals surface area contributed by atoms with Gasteiger partial charge in [-0.2, -0.15) is 13.2 Å². The van der Waals surface area contributed by atoms with Crippen LogP contribution in [0.15, 0.2) is 48.5 Å². The van der Waals surface area contributed by atoms with Crippen LogP contribution in [0.1, 0.15) is 11.1 Å². The summed E-state index contributed by atoms with van der Waals surface area (Å²) in [6, 6.07) is 16.4. The summed E-state index contributed by atoms with van der Waals surface area (Å²) < 4.78 is 39.3. The molecule has 1 amide bonds. The number of halogens is 3. The minimum atomic E-state index is -4.87. The van der Waals surface area contributed by atoms with E-state index in [1.807, 2.05) is 24.3 Å². The molecule has 0 N–H and O–H groups in total.